The molecule has 0 radical (unpaired) electrons. The van der Waals surface area contributed by atoms with Gasteiger partial charge < -0.3 is 20.0 Å². The van der Waals surface area contributed by atoms with Crippen LogP contribution in [0.2, 0.25) is 0 Å². The van der Waals surface area contributed by atoms with E-state index in [0.29, 0.717) is 33.3 Å². The minimum absolute atomic E-state index is 0.122. The Morgan fingerprint density at radius 3 is 2.74 bits per heavy atom. The van der Waals surface area contributed by atoms with Crippen LogP contribution in [0.1, 0.15) is 5.56 Å². The van der Waals surface area contributed by atoms with Crippen LogP contribution in [-0.4, -0.2) is 47.5 Å². The van der Waals surface area contributed by atoms with Crippen LogP contribution in [0, 0.1) is 5.82 Å². The fourth-order valence-corrected chi connectivity index (χ4v) is 3.96. The Morgan fingerprint density at radius 1 is 1.12 bits per heavy atom. The average molecular weight is 458 g/mol. The summed E-state index contributed by atoms with van der Waals surface area (Å²) in [4.78, 5) is 40.1. The molecule has 1 atom stereocenters. The van der Waals surface area contributed by atoms with Crippen molar-refractivity contribution in [3.05, 3.63) is 78.8 Å². The van der Waals surface area contributed by atoms with Crippen molar-refractivity contribution in [1.82, 2.24) is 29.8 Å². The molecule has 5 rings (SSSR count). The SMILES string of the molecule is O=C(Cn1ccc2c(-c3c[nH]c4ncc(F)cc34)ncnc21)N[C@@H](Cc1ccccc1)C(=O)O. The number of hydrogen-bond acceptors (Lipinski definition) is 5. The molecule has 0 aliphatic heterocycles. The minimum Gasteiger partial charge on any atom is -0.480 e. The molecule has 34 heavy (non-hydrogen) atoms. The summed E-state index contributed by atoms with van der Waals surface area (Å²) in [5.74, 6) is -2.03. The first-order chi connectivity index (χ1) is 16.5. The van der Waals surface area contributed by atoms with Crippen LogP contribution >= 0.6 is 0 Å². The first kappa shape index (κ1) is 21.3. The van der Waals surface area contributed by atoms with E-state index in [0.717, 1.165) is 11.8 Å². The molecule has 10 heteroatoms. The van der Waals surface area contributed by atoms with Gasteiger partial charge in [0.25, 0.3) is 0 Å². The number of rotatable bonds is 7. The van der Waals surface area contributed by atoms with Crippen LogP contribution in [0.3, 0.4) is 0 Å². The summed E-state index contributed by atoms with van der Waals surface area (Å²) in [7, 11) is 0. The zero-order chi connectivity index (χ0) is 23.7. The zero-order valence-corrected chi connectivity index (χ0v) is 17.8. The van der Waals surface area contributed by atoms with Gasteiger partial charge in [-0.25, -0.2) is 24.1 Å². The Morgan fingerprint density at radius 2 is 1.94 bits per heavy atom. The fraction of sp³-hybridized carbons (Fsp3) is 0.125. The second kappa shape index (κ2) is 8.74. The number of fused-ring (bicyclic) bond motifs is 2. The molecule has 1 aromatic carbocycles. The number of carboxylic acid groups (broad SMARTS) is 1. The maximum atomic E-state index is 13.8. The van der Waals surface area contributed by atoms with Gasteiger partial charge in [0.1, 0.15) is 36.0 Å². The molecule has 0 saturated heterocycles. The molecule has 170 valence electrons. The fourth-order valence-electron chi connectivity index (χ4n) is 3.96. The van der Waals surface area contributed by atoms with Gasteiger partial charge >= 0.3 is 5.97 Å². The van der Waals surface area contributed by atoms with Crippen molar-refractivity contribution in [2.75, 3.05) is 0 Å². The second-order valence-corrected chi connectivity index (χ2v) is 7.80. The van der Waals surface area contributed by atoms with Gasteiger partial charge in [-0.1, -0.05) is 30.3 Å². The lowest BCUT2D eigenvalue weighted by Crippen LogP contribution is -2.43. The number of carboxylic acids is 1. The normalized spacial score (nSPS) is 12.1. The Balaban J connectivity index is 1.40. The number of aromatic nitrogens is 5. The third-order valence-electron chi connectivity index (χ3n) is 5.54. The highest BCUT2D eigenvalue weighted by atomic mass is 19.1. The van der Waals surface area contributed by atoms with Crippen molar-refractivity contribution in [3.8, 4) is 11.3 Å². The zero-order valence-electron chi connectivity index (χ0n) is 17.8. The first-order valence-corrected chi connectivity index (χ1v) is 10.5. The number of H-pyrrole nitrogens is 1. The highest BCUT2D eigenvalue weighted by Crippen LogP contribution is 2.31. The predicted octanol–water partition coefficient (Wildman–Crippen LogP) is 2.93. The molecule has 4 aromatic heterocycles. The lowest BCUT2D eigenvalue weighted by molar-refractivity contribution is -0.141. The topological polar surface area (TPSA) is 126 Å². The van der Waals surface area contributed by atoms with E-state index in [1.54, 1.807) is 23.0 Å². The van der Waals surface area contributed by atoms with Gasteiger partial charge in [-0.05, 0) is 17.7 Å². The number of halogens is 1. The van der Waals surface area contributed by atoms with E-state index >= 15 is 0 Å². The number of carbonyl (C=O) groups excluding carboxylic acids is 1. The van der Waals surface area contributed by atoms with Crippen molar-refractivity contribution in [2.24, 2.45) is 0 Å². The number of carbonyl (C=O) groups is 2. The number of benzene rings is 1. The smallest absolute Gasteiger partial charge is 0.326 e. The molecule has 0 saturated carbocycles. The third-order valence-corrected chi connectivity index (χ3v) is 5.54. The van der Waals surface area contributed by atoms with Gasteiger partial charge in [0.2, 0.25) is 5.91 Å². The number of aromatic amines is 1. The molecule has 3 N–H and O–H groups in total. The summed E-state index contributed by atoms with van der Waals surface area (Å²) in [5, 5.41) is 13.4. The number of aliphatic carboxylic acids is 1. The van der Waals surface area contributed by atoms with Gasteiger partial charge in [0.15, 0.2) is 0 Å². The van der Waals surface area contributed by atoms with Crippen LogP contribution in [-0.2, 0) is 22.6 Å². The summed E-state index contributed by atoms with van der Waals surface area (Å²) in [5.41, 5.74) is 3.05. The molecule has 5 aromatic rings. The maximum absolute atomic E-state index is 13.8. The number of nitrogens with zero attached hydrogens (tertiary/aromatic N) is 4. The van der Waals surface area contributed by atoms with Crippen LogP contribution in [0.25, 0.3) is 33.3 Å². The van der Waals surface area contributed by atoms with E-state index < -0.39 is 23.7 Å². The van der Waals surface area contributed by atoms with E-state index in [1.165, 1.54) is 12.4 Å². The number of amides is 1. The molecule has 0 bridgehead atoms. The molecular weight excluding hydrogens is 439 g/mol. The number of hydrogen-bond donors (Lipinski definition) is 3. The molecule has 4 heterocycles. The molecule has 1 amide bonds. The van der Waals surface area contributed by atoms with Crippen molar-refractivity contribution in [1.29, 1.82) is 0 Å². The first-order valence-electron chi connectivity index (χ1n) is 10.5. The predicted molar refractivity (Wildman–Crippen MR) is 122 cm³/mol. The summed E-state index contributed by atoms with van der Waals surface area (Å²) >= 11 is 0. The highest BCUT2D eigenvalue weighted by Gasteiger charge is 2.21. The standard InChI is InChI=1S/C24H19FN6O3/c25-15-9-17-18(11-27-22(17)26-10-15)21-16-6-7-31(23(16)29-13-28-21)12-20(32)30-19(24(33)34)8-14-4-2-1-3-5-14/h1-7,9-11,13,19H,8,12H2,(H,26,27)(H,30,32)(H,33,34)/t19-/m0/s1. The largest absolute Gasteiger partial charge is 0.480 e. The average Bonchev–Trinajstić information content (AvgIpc) is 3.43. The molecule has 0 aliphatic carbocycles. The molecule has 0 aliphatic rings. The van der Waals surface area contributed by atoms with E-state index in [9.17, 15) is 19.1 Å². The highest BCUT2D eigenvalue weighted by molar-refractivity contribution is 6.01. The van der Waals surface area contributed by atoms with E-state index in [4.69, 9.17) is 0 Å². The van der Waals surface area contributed by atoms with Crippen LogP contribution in [0.4, 0.5) is 4.39 Å². The maximum Gasteiger partial charge on any atom is 0.326 e. The van der Waals surface area contributed by atoms with Crippen LogP contribution < -0.4 is 5.32 Å². The Bertz CT molecular complexity index is 1510. The van der Waals surface area contributed by atoms with E-state index in [-0.39, 0.29) is 13.0 Å². The second-order valence-electron chi connectivity index (χ2n) is 7.80. The number of nitrogens with one attached hydrogen (secondary N) is 2. The molecule has 0 unspecified atom stereocenters. The molecular formula is C24H19FN6O3. The molecule has 0 fully saturated rings. The minimum atomic E-state index is -1.11. The Kier molecular flexibility index (Phi) is 5.46. The van der Waals surface area contributed by atoms with Crippen molar-refractivity contribution in [3.63, 3.8) is 0 Å². The van der Waals surface area contributed by atoms with Gasteiger partial charge in [-0.2, -0.15) is 0 Å². The van der Waals surface area contributed by atoms with Crippen molar-refractivity contribution < 1.29 is 19.1 Å². The van der Waals surface area contributed by atoms with Crippen molar-refractivity contribution in [2.45, 2.75) is 19.0 Å². The van der Waals surface area contributed by atoms with E-state index in [2.05, 4.69) is 25.3 Å². The van der Waals surface area contributed by atoms with Crippen molar-refractivity contribution >= 4 is 33.9 Å². The van der Waals surface area contributed by atoms with Crippen LogP contribution in [0.15, 0.2) is 67.4 Å². The lowest BCUT2D eigenvalue weighted by atomic mass is 10.1. The van der Waals surface area contributed by atoms with Gasteiger partial charge in [-0.15, -0.1) is 0 Å². The Hall–Kier alpha value is -4.60. The van der Waals surface area contributed by atoms with E-state index in [1.807, 2.05) is 30.3 Å². The monoisotopic (exact) mass is 458 g/mol. The lowest BCUT2D eigenvalue weighted by Gasteiger charge is -2.15. The summed E-state index contributed by atoms with van der Waals surface area (Å²) < 4.78 is 15.4. The third kappa shape index (κ3) is 4.08. The molecule has 0 spiro atoms. The van der Waals surface area contributed by atoms with Gasteiger partial charge in [-0.3, -0.25) is 4.79 Å². The van der Waals surface area contributed by atoms with Gasteiger partial charge in [0, 0.05) is 35.2 Å². The Labute approximate surface area is 192 Å². The summed E-state index contributed by atoms with van der Waals surface area (Å²) in [6.07, 6.45) is 6.06. The summed E-state index contributed by atoms with van der Waals surface area (Å²) in [6, 6.07) is 11.2. The van der Waals surface area contributed by atoms with Gasteiger partial charge in [0.05, 0.1) is 11.9 Å². The molecule has 9 nitrogen and oxygen atoms in total. The number of pyridine rings is 1. The summed E-state index contributed by atoms with van der Waals surface area (Å²) in [6.45, 7) is -0.122. The van der Waals surface area contributed by atoms with Crippen LogP contribution in [0.5, 0.6) is 0 Å². The quantitative estimate of drug-likeness (QED) is 0.344.